The molecule has 0 saturated heterocycles. The van der Waals surface area contributed by atoms with Crippen molar-refractivity contribution in [1.29, 1.82) is 0 Å². The predicted octanol–water partition coefficient (Wildman–Crippen LogP) is 2.32. The number of amides is 2. The second-order valence-electron chi connectivity index (χ2n) is 4.52. The van der Waals surface area contributed by atoms with Crippen LogP contribution in [-0.4, -0.2) is 23.9 Å². The zero-order chi connectivity index (χ0) is 14.4. The van der Waals surface area contributed by atoms with E-state index in [1.807, 2.05) is 26.0 Å². The molecule has 0 unspecified atom stereocenters. The topological polar surface area (TPSA) is 58.2 Å². The van der Waals surface area contributed by atoms with Gasteiger partial charge in [-0.25, -0.2) is 0 Å². The fraction of sp³-hybridized carbons (Fsp3) is 0.429. The van der Waals surface area contributed by atoms with Crippen molar-refractivity contribution in [1.82, 2.24) is 10.6 Å². The molecule has 0 aliphatic rings. The summed E-state index contributed by atoms with van der Waals surface area (Å²) in [5.74, 6) is -0.390. The Bertz CT molecular complexity index is 463. The van der Waals surface area contributed by atoms with Crippen molar-refractivity contribution in [3.63, 3.8) is 0 Å². The van der Waals surface area contributed by atoms with Gasteiger partial charge >= 0.3 is 0 Å². The van der Waals surface area contributed by atoms with Crippen molar-refractivity contribution in [2.24, 2.45) is 0 Å². The summed E-state index contributed by atoms with van der Waals surface area (Å²) >= 11 is 2.15. The maximum absolute atomic E-state index is 12.0. The molecule has 0 bridgehead atoms. The van der Waals surface area contributed by atoms with E-state index in [2.05, 4.69) is 33.2 Å². The Balaban J connectivity index is 2.59. The van der Waals surface area contributed by atoms with Gasteiger partial charge in [0, 0.05) is 15.2 Å². The van der Waals surface area contributed by atoms with E-state index in [4.69, 9.17) is 0 Å². The Morgan fingerprint density at radius 3 is 2.53 bits per heavy atom. The highest BCUT2D eigenvalue weighted by Crippen LogP contribution is 2.07. The van der Waals surface area contributed by atoms with Gasteiger partial charge in [0.1, 0.15) is 6.04 Å². The van der Waals surface area contributed by atoms with Crippen LogP contribution in [-0.2, 0) is 4.79 Å². The highest BCUT2D eigenvalue weighted by atomic mass is 127. The van der Waals surface area contributed by atoms with Gasteiger partial charge in [0.25, 0.3) is 5.91 Å². The number of hydrogen-bond acceptors (Lipinski definition) is 2. The fourth-order valence-corrected chi connectivity index (χ4v) is 1.99. The van der Waals surface area contributed by atoms with Crippen molar-refractivity contribution in [3.05, 3.63) is 33.4 Å². The van der Waals surface area contributed by atoms with Gasteiger partial charge in [-0.3, -0.25) is 9.59 Å². The van der Waals surface area contributed by atoms with E-state index in [1.54, 1.807) is 19.1 Å². The van der Waals surface area contributed by atoms with Gasteiger partial charge in [-0.15, -0.1) is 0 Å². The van der Waals surface area contributed by atoms with Gasteiger partial charge in [0.15, 0.2) is 0 Å². The molecule has 1 aromatic rings. The third-order valence-electron chi connectivity index (χ3n) is 2.83. The van der Waals surface area contributed by atoms with Crippen molar-refractivity contribution in [2.45, 2.75) is 39.3 Å². The lowest BCUT2D eigenvalue weighted by molar-refractivity contribution is -0.123. The lowest BCUT2D eigenvalue weighted by Gasteiger charge is -2.17. The van der Waals surface area contributed by atoms with Gasteiger partial charge < -0.3 is 10.6 Å². The van der Waals surface area contributed by atoms with Crippen molar-refractivity contribution < 1.29 is 9.59 Å². The Labute approximate surface area is 127 Å². The smallest absolute Gasteiger partial charge is 0.251 e. The maximum Gasteiger partial charge on any atom is 0.251 e. The Hall–Kier alpha value is -1.11. The predicted molar refractivity (Wildman–Crippen MR) is 84.0 cm³/mol. The lowest BCUT2D eigenvalue weighted by Crippen LogP contribution is -2.47. The Kier molecular flexibility index (Phi) is 6.27. The monoisotopic (exact) mass is 374 g/mol. The molecule has 1 aromatic carbocycles. The summed E-state index contributed by atoms with van der Waals surface area (Å²) in [6.45, 7) is 5.62. The van der Waals surface area contributed by atoms with Crippen molar-refractivity contribution >= 4 is 34.4 Å². The molecular formula is C14H19IN2O2. The van der Waals surface area contributed by atoms with E-state index in [0.29, 0.717) is 5.56 Å². The number of halogens is 1. The van der Waals surface area contributed by atoms with E-state index < -0.39 is 6.04 Å². The molecule has 4 nitrogen and oxygen atoms in total. The molecule has 0 aromatic heterocycles. The van der Waals surface area contributed by atoms with Gasteiger partial charge in [-0.2, -0.15) is 0 Å². The van der Waals surface area contributed by atoms with Crippen LogP contribution in [0.25, 0.3) is 0 Å². The summed E-state index contributed by atoms with van der Waals surface area (Å²) in [7, 11) is 0. The summed E-state index contributed by atoms with van der Waals surface area (Å²) in [6.07, 6.45) is 0.864. The molecule has 104 valence electrons. The van der Waals surface area contributed by atoms with Crippen LogP contribution in [0, 0.1) is 3.57 Å². The Morgan fingerprint density at radius 2 is 1.95 bits per heavy atom. The number of rotatable bonds is 5. The average molecular weight is 374 g/mol. The minimum Gasteiger partial charge on any atom is -0.352 e. The molecule has 0 saturated carbocycles. The summed E-state index contributed by atoms with van der Waals surface area (Å²) in [5, 5.41) is 5.54. The zero-order valence-corrected chi connectivity index (χ0v) is 13.5. The molecular weight excluding hydrogens is 355 g/mol. The van der Waals surface area contributed by atoms with Crippen LogP contribution in [0.2, 0.25) is 0 Å². The number of benzene rings is 1. The largest absolute Gasteiger partial charge is 0.352 e. The average Bonchev–Trinajstić information content (AvgIpc) is 2.38. The highest BCUT2D eigenvalue weighted by Gasteiger charge is 2.17. The summed E-state index contributed by atoms with van der Waals surface area (Å²) < 4.78 is 0.988. The molecule has 0 aliphatic carbocycles. The molecule has 1 rings (SSSR count). The second kappa shape index (κ2) is 7.47. The van der Waals surface area contributed by atoms with Crippen LogP contribution in [0.3, 0.4) is 0 Å². The van der Waals surface area contributed by atoms with E-state index >= 15 is 0 Å². The Morgan fingerprint density at radius 1 is 1.26 bits per heavy atom. The zero-order valence-electron chi connectivity index (χ0n) is 11.4. The van der Waals surface area contributed by atoms with E-state index in [9.17, 15) is 9.59 Å². The first kappa shape index (κ1) is 15.9. The SMILES string of the molecule is CC[C@H](C)NC(=O)[C@@H](C)NC(=O)c1cccc(I)c1. The standard InChI is InChI=1S/C14H19IN2O2/c1-4-9(2)16-13(18)10(3)17-14(19)11-6-5-7-12(15)8-11/h5-10H,4H2,1-3H3,(H,16,18)(H,17,19)/t9-,10+/m0/s1. The van der Waals surface area contributed by atoms with Crippen molar-refractivity contribution in [2.75, 3.05) is 0 Å². The summed E-state index contributed by atoms with van der Waals surface area (Å²) in [6, 6.07) is 6.83. The lowest BCUT2D eigenvalue weighted by atomic mass is 10.2. The number of nitrogens with one attached hydrogen (secondary N) is 2. The van der Waals surface area contributed by atoms with Crippen LogP contribution >= 0.6 is 22.6 Å². The third kappa shape index (κ3) is 5.18. The number of hydrogen-bond donors (Lipinski definition) is 2. The van der Waals surface area contributed by atoms with E-state index in [0.717, 1.165) is 9.99 Å². The normalized spacial score (nSPS) is 13.5. The quantitative estimate of drug-likeness (QED) is 0.778. The van der Waals surface area contributed by atoms with E-state index in [1.165, 1.54) is 0 Å². The van der Waals surface area contributed by atoms with Gasteiger partial charge in [-0.05, 0) is 61.1 Å². The molecule has 2 amide bonds. The number of carbonyl (C=O) groups excluding carboxylic acids is 2. The fourth-order valence-electron chi connectivity index (χ4n) is 1.45. The van der Waals surface area contributed by atoms with Crippen LogP contribution in [0.15, 0.2) is 24.3 Å². The second-order valence-corrected chi connectivity index (χ2v) is 5.77. The van der Waals surface area contributed by atoms with Crippen LogP contribution in [0.5, 0.6) is 0 Å². The molecule has 5 heteroatoms. The molecule has 2 N–H and O–H groups in total. The van der Waals surface area contributed by atoms with Gasteiger partial charge in [0.2, 0.25) is 5.91 Å². The van der Waals surface area contributed by atoms with Crippen LogP contribution in [0.4, 0.5) is 0 Å². The van der Waals surface area contributed by atoms with Gasteiger partial charge in [-0.1, -0.05) is 13.0 Å². The number of carbonyl (C=O) groups is 2. The molecule has 0 fully saturated rings. The molecule has 0 radical (unpaired) electrons. The highest BCUT2D eigenvalue weighted by molar-refractivity contribution is 14.1. The third-order valence-corrected chi connectivity index (χ3v) is 3.50. The molecule has 0 aliphatic heterocycles. The van der Waals surface area contributed by atoms with E-state index in [-0.39, 0.29) is 17.9 Å². The van der Waals surface area contributed by atoms with Crippen LogP contribution in [0.1, 0.15) is 37.6 Å². The first-order valence-electron chi connectivity index (χ1n) is 6.30. The summed E-state index contributed by atoms with van der Waals surface area (Å²) in [5.41, 5.74) is 0.565. The first-order chi connectivity index (χ1) is 8.93. The van der Waals surface area contributed by atoms with Crippen molar-refractivity contribution in [3.8, 4) is 0 Å². The molecule has 19 heavy (non-hydrogen) atoms. The summed E-state index contributed by atoms with van der Waals surface area (Å²) in [4.78, 5) is 23.8. The maximum atomic E-state index is 12.0. The molecule has 0 spiro atoms. The molecule has 2 atom stereocenters. The molecule has 0 heterocycles. The van der Waals surface area contributed by atoms with Gasteiger partial charge in [0.05, 0.1) is 0 Å². The minimum atomic E-state index is -0.542. The minimum absolute atomic E-state index is 0.115. The first-order valence-corrected chi connectivity index (χ1v) is 7.38. The van der Waals surface area contributed by atoms with Crippen LogP contribution < -0.4 is 10.6 Å².